The molecule has 8 heteroatoms. The molecule has 0 atom stereocenters. The van der Waals surface area contributed by atoms with Gasteiger partial charge in [-0.1, -0.05) is 18.2 Å². The topological polar surface area (TPSA) is 84.0 Å². The number of ether oxygens (including phenoxy) is 2. The number of likely N-dealkylation sites (tertiary alicyclic amines) is 1. The van der Waals surface area contributed by atoms with Gasteiger partial charge in [-0.25, -0.2) is 4.79 Å². The molecule has 2 aliphatic heterocycles. The summed E-state index contributed by atoms with van der Waals surface area (Å²) in [5.74, 6) is 0.676. The maximum Gasteiger partial charge on any atom is 0.414 e. The molecule has 3 heterocycles. The Bertz CT molecular complexity index is 1180. The van der Waals surface area contributed by atoms with Crippen LogP contribution in [0.4, 0.5) is 16.2 Å². The van der Waals surface area contributed by atoms with E-state index in [2.05, 4.69) is 15.2 Å². The molecule has 5 rings (SSSR count). The largest absolute Gasteiger partial charge is 0.497 e. The van der Waals surface area contributed by atoms with Crippen LogP contribution in [0.15, 0.2) is 54.7 Å². The third-order valence-electron chi connectivity index (χ3n) is 6.29. The van der Waals surface area contributed by atoms with E-state index in [-0.39, 0.29) is 24.6 Å². The predicted molar refractivity (Wildman–Crippen MR) is 125 cm³/mol. The Hall–Kier alpha value is -3.65. The van der Waals surface area contributed by atoms with Gasteiger partial charge in [0.05, 0.1) is 30.5 Å². The van der Waals surface area contributed by atoms with Crippen molar-refractivity contribution in [1.82, 2.24) is 9.88 Å². The third kappa shape index (κ3) is 4.34. The number of nitrogens with one attached hydrogen (secondary N) is 1. The zero-order valence-corrected chi connectivity index (χ0v) is 18.5. The number of fused-ring (bicyclic) bond motifs is 2. The molecule has 3 aromatic rings. The minimum atomic E-state index is -0.313. The highest BCUT2D eigenvalue weighted by Crippen LogP contribution is 2.34. The minimum Gasteiger partial charge on any atom is -0.497 e. The molecule has 170 valence electrons. The third-order valence-corrected chi connectivity index (χ3v) is 6.29. The lowest BCUT2D eigenvalue weighted by Gasteiger charge is -2.40. The van der Waals surface area contributed by atoms with Gasteiger partial charge in [0.15, 0.2) is 0 Å². The summed E-state index contributed by atoms with van der Waals surface area (Å²) in [4.78, 5) is 33.6. The monoisotopic (exact) mass is 446 g/mol. The van der Waals surface area contributed by atoms with Gasteiger partial charge in [0.25, 0.3) is 0 Å². The second-order valence-electron chi connectivity index (χ2n) is 8.36. The number of rotatable bonds is 5. The zero-order valence-electron chi connectivity index (χ0n) is 18.5. The van der Waals surface area contributed by atoms with Gasteiger partial charge in [-0.05, 0) is 43.2 Å². The summed E-state index contributed by atoms with van der Waals surface area (Å²) in [6.07, 6.45) is 2.95. The Morgan fingerprint density at radius 3 is 2.82 bits per heavy atom. The van der Waals surface area contributed by atoms with Crippen molar-refractivity contribution in [3.63, 3.8) is 0 Å². The second-order valence-corrected chi connectivity index (χ2v) is 8.36. The molecule has 33 heavy (non-hydrogen) atoms. The summed E-state index contributed by atoms with van der Waals surface area (Å²) in [7, 11) is 1.62. The molecule has 0 aliphatic carbocycles. The molecule has 1 N–H and O–H groups in total. The molecule has 2 aromatic carbocycles. The van der Waals surface area contributed by atoms with E-state index in [0.717, 1.165) is 59.5 Å². The molecular weight excluding hydrogens is 420 g/mol. The van der Waals surface area contributed by atoms with Crippen molar-refractivity contribution in [1.29, 1.82) is 0 Å². The van der Waals surface area contributed by atoms with Gasteiger partial charge < -0.3 is 14.8 Å². The number of pyridine rings is 1. The highest BCUT2D eigenvalue weighted by atomic mass is 16.6. The molecule has 1 fully saturated rings. The number of anilines is 2. The average Bonchev–Trinajstić information content (AvgIpc) is 2.84. The maximum atomic E-state index is 12.7. The number of amides is 2. The summed E-state index contributed by atoms with van der Waals surface area (Å²) in [5.41, 5.74) is 3.33. The van der Waals surface area contributed by atoms with Gasteiger partial charge >= 0.3 is 6.09 Å². The van der Waals surface area contributed by atoms with E-state index in [1.165, 1.54) is 0 Å². The van der Waals surface area contributed by atoms with Crippen molar-refractivity contribution in [2.75, 3.05) is 37.0 Å². The number of para-hydroxylation sites is 1. The normalized spacial score (nSPS) is 16.9. The smallest absolute Gasteiger partial charge is 0.414 e. The number of cyclic esters (lactones) is 1. The first-order valence-corrected chi connectivity index (χ1v) is 11.1. The Kier molecular flexibility index (Phi) is 5.83. The molecule has 0 saturated carbocycles. The zero-order chi connectivity index (χ0) is 22.8. The molecule has 2 amide bonds. The Balaban J connectivity index is 1.21. The molecular formula is C25H26N4O4. The fourth-order valence-electron chi connectivity index (χ4n) is 4.63. The van der Waals surface area contributed by atoms with E-state index in [9.17, 15) is 9.59 Å². The highest BCUT2D eigenvalue weighted by Gasteiger charge is 2.34. The molecule has 1 aromatic heterocycles. The molecule has 0 radical (unpaired) electrons. The number of aromatic nitrogens is 1. The summed E-state index contributed by atoms with van der Waals surface area (Å²) >= 11 is 0. The molecule has 2 aliphatic rings. The molecule has 8 nitrogen and oxygen atoms in total. The SMILES string of the molecule is COc1ccc2c(c1)COC(=O)N2C1CCN(CC(=O)Nc2cccc3cccnc23)CC1. The predicted octanol–water partition coefficient (Wildman–Crippen LogP) is 3.80. The summed E-state index contributed by atoms with van der Waals surface area (Å²) in [6, 6.07) is 15.3. The number of benzene rings is 2. The van der Waals surface area contributed by atoms with Crippen LogP contribution in [0.1, 0.15) is 18.4 Å². The Labute approximate surface area is 192 Å². The van der Waals surface area contributed by atoms with E-state index in [1.54, 1.807) is 18.2 Å². The van der Waals surface area contributed by atoms with E-state index < -0.39 is 0 Å². The number of hydrogen-bond acceptors (Lipinski definition) is 6. The number of carbonyl (C=O) groups is 2. The van der Waals surface area contributed by atoms with Crippen LogP contribution in [0, 0.1) is 0 Å². The lowest BCUT2D eigenvalue weighted by molar-refractivity contribution is -0.117. The number of piperidine rings is 1. The van der Waals surface area contributed by atoms with Crippen molar-refractivity contribution in [2.45, 2.75) is 25.5 Å². The van der Waals surface area contributed by atoms with E-state index in [4.69, 9.17) is 9.47 Å². The van der Waals surface area contributed by atoms with Crippen LogP contribution in [0.3, 0.4) is 0 Å². The minimum absolute atomic E-state index is 0.0338. The number of hydrogen-bond donors (Lipinski definition) is 1. The average molecular weight is 447 g/mol. The summed E-state index contributed by atoms with van der Waals surface area (Å²) < 4.78 is 10.7. The fraction of sp³-hybridized carbons (Fsp3) is 0.320. The lowest BCUT2D eigenvalue weighted by atomic mass is 10.0. The second kappa shape index (κ2) is 9.07. The molecule has 0 spiro atoms. The van der Waals surface area contributed by atoms with Crippen molar-refractivity contribution < 1.29 is 19.1 Å². The van der Waals surface area contributed by atoms with Gasteiger partial charge in [0.1, 0.15) is 12.4 Å². The Morgan fingerprint density at radius 1 is 1.18 bits per heavy atom. The highest BCUT2D eigenvalue weighted by molar-refractivity contribution is 6.00. The van der Waals surface area contributed by atoms with Crippen LogP contribution in [-0.2, 0) is 16.1 Å². The van der Waals surface area contributed by atoms with Crippen molar-refractivity contribution in [3.8, 4) is 5.75 Å². The van der Waals surface area contributed by atoms with Crippen LogP contribution >= 0.6 is 0 Å². The molecule has 0 bridgehead atoms. The fourth-order valence-corrected chi connectivity index (χ4v) is 4.63. The van der Waals surface area contributed by atoms with Crippen molar-refractivity contribution >= 4 is 34.3 Å². The number of carbonyl (C=O) groups excluding carboxylic acids is 2. The maximum absolute atomic E-state index is 12.7. The number of methoxy groups -OCH3 is 1. The quantitative estimate of drug-likeness (QED) is 0.642. The van der Waals surface area contributed by atoms with Gasteiger partial charge in [0.2, 0.25) is 5.91 Å². The first kappa shape index (κ1) is 21.2. The van der Waals surface area contributed by atoms with E-state index in [1.807, 2.05) is 48.5 Å². The van der Waals surface area contributed by atoms with Crippen LogP contribution in [0.5, 0.6) is 5.75 Å². The summed E-state index contributed by atoms with van der Waals surface area (Å²) in [5, 5.41) is 3.99. The van der Waals surface area contributed by atoms with E-state index in [0.29, 0.717) is 6.54 Å². The van der Waals surface area contributed by atoms with Gasteiger partial charge in [0, 0.05) is 36.3 Å². The van der Waals surface area contributed by atoms with Gasteiger partial charge in [-0.2, -0.15) is 0 Å². The molecule has 0 unspecified atom stereocenters. The van der Waals surface area contributed by atoms with Gasteiger partial charge in [-0.15, -0.1) is 0 Å². The standard InChI is InChI=1S/C25H26N4O4/c1-32-20-7-8-22-18(14-20)16-33-25(31)29(22)19-9-12-28(13-10-19)15-23(30)27-21-6-2-4-17-5-3-11-26-24(17)21/h2-8,11,14,19H,9-10,12-13,15-16H2,1H3,(H,27,30). The van der Waals surface area contributed by atoms with Crippen molar-refractivity contribution in [3.05, 3.63) is 60.3 Å². The van der Waals surface area contributed by atoms with Crippen LogP contribution in [0.25, 0.3) is 10.9 Å². The Morgan fingerprint density at radius 2 is 2.00 bits per heavy atom. The molecule has 1 saturated heterocycles. The van der Waals surface area contributed by atoms with Crippen molar-refractivity contribution in [2.24, 2.45) is 0 Å². The van der Waals surface area contributed by atoms with E-state index >= 15 is 0 Å². The van der Waals surface area contributed by atoms with Gasteiger partial charge in [-0.3, -0.25) is 19.6 Å². The lowest BCUT2D eigenvalue weighted by Crippen LogP contribution is -2.50. The first-order chi connectivity index (χ1) is 16.1. The van der Waals surface area contributed by atoms with Crippen LogP contribution < -0.4 is 15.0 Å². The van der Waals surface area contributed by atoms with Crippen LogP contribution in [-0.4, -0.2) is 54.7 Å². The summed E-state index contributed by atoms with van der Waals surface area (Å²) in [6.45, 7) is 2.00. The van der Waals surface area contributed by atoms with Crippen LogP contribution in [0.2, 0.25) is 0 Å². The number of nitrogens with zero attached hydrogens (tertiary/aromatic N) is 3. The first-order valence-electron chi connectivity index (χ1n) is 11.1.